The Balaban J connectivity index is 2.04. The van der Waals surface area contributed by atoms with Gasteiger partial charge in [-0.3, -0.25) is 0 Å². The van der Waals surface area contributed by atoms with E-state index in [1.54, 1.807) is 0 Å². The van der Waals surface area contributed by atoms with Gasteiger partial charge < -0.3 is 0 Å². The molecule has 0 spiro atoms. The lowest BCUT2D eigenvalue weighted by Crippen LogP contribution is -2.14. The van der Waals surface area contributed by atoms with Gasteiger partial charge in [0.25, 0.3) is 0 Å². The zero-order chi connectivity index (χ0) is 16.3. The van der Waals surface area contributed by atoms with Crippen LogP contribution in [0, 0.1) is 23.3 Å². The Morgan fingerprint density at radius 1 is 0.773 bits per heavy atom. The fourth-order valence-electron chi connectivity index (χ4n) is 1.50. The molecule has 0 saturated heterocycles. The van der Waals surface area contributed by atoms with Crippen LogP contribution < -0.4 is 0 Å². The quantitative estimate of drug-likeness (QED) is 0.497. The van der Waals surface area contributed by atoms with E-state index in [2.05, 4.69) is 0 Å². The van der Waals surface area contributed by atoms with Crippen molar-refractivity contribution in [3.8, 4) is 0 Å². The number of thioether (sulfide) groups is 2. The minimum atomic E-state index is -3.41. The first-order chi connectivity index (χ1) is 10.3. The second kappa shape index (κ2) is 6.87. The molecule has 0 bridgehead atoms. The number of benzene rings is 2. The SMILES string of the molecule is Fc1ccc(SCC(F)(F)Sc2ccc(F)cc2F)c(F)c1. The van der Waals surface area contributed by atoms with Gasteiger partial charge in [-0.15, -0.1) is 11.8 Å². The maximum Gasteiger partial charge on any atom is 0.307 e. The summed E-state index contributed by atoms with van der Waals surface area (Å²) in [6, 6.07) is 4.88. The standard InChI is InChI=1S/C14H8F6S2/c15-8-1-3-12(10(17)5-8)21-7-14(19,20)22-13-4-2-9(16)6-11(13)18/h1-6H,7H2. The molecule has 22 heavy (non-hydrogen) atoms. The molecule has 118 valence electrons. The van der Waals surface area contributed by atoms with E-state index in [-0.39, 0.29) is 16.7 Å². The smallest absolute Gasteiger partial charge is 0.207 e. The van der Waals surface area contributed by atoms with E-state index in [9.17, 15) is 26.3 Å². The van der Waals surface area contributed by atoms with Crippen molar-refractivity contribution in [3.63, 3.8) is 0 Å². The van der Waals surface area contributed by atoms with Crippen molar-refractivity contribution in [3.05, 3.63) is 59.7 Å². The molecular weight excluding hydrogens is 346 g/mol. The summed E-state index contributed by atoms with van der Waals surface area (Å²) in [6.45, 7) is 0. The van der Waals surface area contributed by atoms with Crippen LogP contribution in [0.1, 0.15) is 0 Å². The fourth-order valence-corrected chi connectivity index (χ4v) is 3.21. The van der Waals surface area contributed by atoms with Gasteiger partial charge in [0, 0.05) is 21.9 Å². The van der Waals surface area contributed by atoms with E-state index < -0.39 is 39.2 Å². The molecule has 0 fully saturated rings. The van der Waals surface area contributed by atoms with Crippen LogP contribution in [0.3, 0.4) is 0 Å². The van der Waals surface area contributed by atoms with Crippen molar-refractivity contribution >= 4 is 23.5 Å². The fraction of sp³-hybridized carbons (Fsp3) is 0.143. The zero-order valence-electron chi connectivity index (χ0n) is 10.8. The summed E-state index contributed by atoms with van der Waals surface area (Å²) >= 11 is 0.399. The van der Waals surface area contributed by atoms with Crippen LogP contribution in [0.2, 0.25) is 0 Å². The average molecular weight is 354 g/mol. The van der Waals surface area contributed by atoms with E-state index in [4.69, 9.17) is 0 Å². The highest BCUT2D eigenvalue weighted by Crippen LogP contribution is 2.41. The van der Waals surface area contributed by atoms with Crippen LogP contribution in [0.15, 0.2) is 46.2 Å². The van der Waals surface area contributed by atoms with Crippen molar-refractivity contribution in [2.75, 3.05) is 5.75 Å². The van der Waals surface area contributed by atoms with Crippen LogP contribution >= 0.6 is 23.5 Å². The number of alkyl halides is 2. The Morgan fingerprint density at radius 3 is 1.77 bits per heavy atom. The van der Waals surface area contributed by atoms with Crippen LogP contribution in [0.25, 0.3) is 0 Å². The molecule has 2 aromatic carbocycles. The van der Waals surface area contributed by atoms with Crippen molar-refractivity contribution < 1.29 is 26.3 Å². The molecule has 0 nitrogen and oxygen atoms in total. The second-order valence-electron chi connectivity index (χ2n) is 4.18. The van der Waals surface area contributed by atoms with Crippen LogP contribution in [-0.4, -0.2) is 11.0 Å². The summed E-state index contributed by atoms with van der Waals surface area (Å²) < 4.78 is 79.7. The van der Waals surface area contributed by atoms with Gasteiger partial charge in [0.05, 0.1) is 5.75 Å². The third kappa shape index (κ3) is 4.61. The summed E-state index contributed by atoms with van der Waals surface area (Å²) in [4.78, 5) is -0.548. The predicted octanol–water partition coefficient (Wildman–Crippen LogP) is 5.72. The highest BCUT2D eigenvalue weighted by atomic mass is 32.2. The Labute approximate surface area is 130 Å². The molecule has 0 unspecified atom stereocenters. The number of rotatable bonds is 5. The van der Waals surface area contributed by atoms with E-state index in [0.29, 0.717) is 23.9 Å². The third-order valence-electron chi connectivity index (χ3n) is 2.44. The monoisotopic (exact) mass is 354 g/mol. The Kier molecular flexibility index (Phi) is 5.33. The molecule has 0 amide bonds. The molecule has 0 aliphatic rings. The molecule has 0 aromatic heterocycles. The third-order valence-corrected chi connectivity index (χ3v) is 4.77. The van der Waals surface area contributed by atoms with E-state index in [0.717, 1.165) is 24.3 Å². The van der Waals surface area contributed by atoms with Crippen LogP contribution in [0.4, 0.5) is 26.3 Å². The molecule has 0 aliphatic heterocycles. The predicted molar refractivity (Wildman–Crippen MR) is 74.2 cm³/mol. The number of hydrogen-bond acceptors (Lipinski definition) is 2. The van der Waals surface area contributed by atoms with Gasteiger partial charge in [0.1, 0.15) is 23.3 Å². The lowest BCUT2D eigenvalue weighted by atomic mass is 10.3. The summed E-state index contributed by atoms with van der Waals surface area (Å²) in [6.07, 6.45) is 0. The highest BCUT2D eigenvalue weighted by Gasteiger charge is 2.32. The second-order valence-corrected chi connectivity index (χ2v) is 6.44. The first-order valence-corrected chi connectivity index (χ1v) is 7.67. The van der Waals surface area contributed by atoms with Crippen molar-refractivity contribution in [1.82, 2.24) is 0 Å². The summed E-state index contributed by atoms with van der Waals surface area (Å²) in [7, 11) is 0. The first kappa shape index (κ1) is 17.1. The molecule has 0 atom stereocenters. The molecule has 8 heteroatoms. The number of hydrogen-bond donors (Lipinski definition) is 0. The van der Waals surface area contributed by atoms with Gasteiger partial charge in [0.2, 0.25) is 0 Å². The largest absolute Gasteiger partial charge is 0.307 e. The minimum absolute atomic E-state index is 0.0829. The van der Waals surface area contributed by atoms with Crippen LogP contribution in [0.5, 0.6) is 0 Å². The van der Waals surface area contributed by atoms with Crippen molar-refractivity contribution in [1.29, 1.82) is 0 Å². The molecule has 0 radical (unpaired) electrons. The molecule has 0 saturated carbocycles. The Hall–Kier alpha value is -1.28. The Morgan fingerprint density at radius 2 is 1.27 bits per heavy atom. The van der Waals surface area contributed by atoms with Gasteiger partial charge in [-0.1, -0.05) is 0 Å². The minimum Gasteiger partial charge on any atom is -0.207 e. The maximum atomic E-state index is 13.8. The van der Waals surface area contributed by atoms with Gasteiger partial charge in [-0.2, -0.15) is 8.78 Å². The topological polar surface area (TPSA) is 0 Å². The molecule has 0 heterocycles. The van der Waals surface area contributed by atoms with Crippen LogP contribution in [-0.2, 0) is 0 Å². The van der Waals surface area contributed by atoms with Gasteiger partial charge in [0.15, 0.2) is 0 Å². The molecule has 2 aromatic rings. The summed E-state index contributed by atoms with van der Waals surface area (Å²) in [5.41, 5.74) is 0. The van der Waals surface area contributed by atoms with Gasteiger partial charge in [-0.25, -0.2) is 17.6 Å². The van der Waals surface area contributed by atoms with E-state index in [1.165, 1.54) is 0 Å². The molecule has 2 rings (SSSR count). The normalized spacial score (nSPS) is 11.7. The molecular formula is C14H8F6S2. The van der Waals surface area contributed by atoms with Gasteiger partial charge >= 0.3 is 5.25 Å². The summed E-state index contributed by atoms with van der Waals surface area (Å²) in [5.74, 6) is -4.57. The first-order valence-electron chi connectivity index (χ1n) is 5.86. The lowest BCUT2D eigenvalue weighted by Gasteiger charge is -2.16. The Bertz CT molecular complexity index is 674. The molecule has 0 aliphatic carbocycles. The number of halogens is 6. The average Bonchev–Trinajstić information content (AvgIpc) is 2.41. The van der Waals surface area contributed by atoms with E-state index in [1.807, 2.05) is 0 Å². The summed E-state index contributed by atoms with van der Waals surface area (Å²) in [5, 5.41) is -3.41. The maximum absolute atomic E-state index is 13.8. The zero-order valence-corrected chi connectivity index (χ0v) is 12.4. The van der Waals surface area contributed by atoms with Crippen molar-refractivity contribution in [2.24, 2.45) is 0 Å². The highest BCUT2D eigenvalue weighted by molar-refractivity contribution is 8.03. The molecule has 0 N–H and O–H groups in total. The van der Waals surface area contributed by atoms with Crippen molar-refractivity contribution in [2.45, 2.75) is 15.0 Å². The van der Waals surface area contributed by atoms with E-state index >= 15 is 0 Å². The lowest BCUT2D eigenvalue weighted by molar-refractivity contribution is 0.134. The van der Waals surface area contributed by atoms with Gasteiger partial charge in [-0.05, 0) is 36.0 Å².